The van der Waals surface area contributed by atoms with Crippen LogP contribution in [0.15, 0.2) is 11.6 Å². The largest absolute Gasteiger partial charge is 0.432 e. The number of carbonyl (C=O) groups excluding carboxylic acids is 2. The molecule has 79 heavy (non-hydrogen) atoms. The van der Waals surface area contributed by atoms with Gasteiger partial charge in [-0.2, -0.15) is 0 Å². The lowest BCUT2D eigenvalue weighted by Gasteiger charge is -2.71. The highest BCUT2D eigenvalue weighted by molar-refractivity contribution is 5.79. The lowest BCUT2D eigenvalue weighted by molar-refractivity contribution is -0.363. The van der Waals surface area contributed by atoms with Gasteiger partial charge in [0, 0.05) is 0 Å². The van der Waals surface area contributed by atoms with Gasteiger partial charge in [0.2, 0.25) is 12.6 Å². The van der Waals surface area contributed by atoms with E-state index in [0.29, 0.717) is 57.8 Å². The van der Waals surface area contributed by atoms with Crippen molar-refractivity contribution in [1.29, 1.82) is 0 Å². The molecular formula is C54H86O25. The zero-order valence-electron chi connectivity index (χ0n) is 45.6. The summed E-state index contributed by atoms with van der Waals surface area (Å²) in [5.74, 6) is -2.42. The van der Waals surface area contributed by atoms with Crippen LogP contribution in [0.3, 0.4) is 0 Å². The van der Waals surface area contributed by atoms with Crippen molar-refractivity contribution in [2.45, 2.75) is 235 Å². The van der Waals surface area contributed by atoms with Crippen molar-refractivity contribution in [3.8, 4) is 0 Å². The van der Waals surface area contributed by atoms with Gasteiger partial charge < -0.3 is 114 Å². The molecule has 0 aromatic carbocycles. The van der Waals surface area contributed by atoms with Crippen LogP contribution in [0, 0.1) is 50.2 Å². The highest BCUT2D eigenvalue weighted by Crippen LogP contribution is 2.76. The first-order valence-electron chi connectivity index (χ1n) is 28.0. The zero-order chi connectivity index (χ0) is 57.9. The Bertz CT molecular complexity index is 2220. The molecule has 0 aromatic rings. The summed E-state index contributed by atoms with van der Waals surface area (Å²) in [7, 11) is 0. The molecule has 29 atom stereocenters. The van der Waals surface area contributed by atoms with E-state index < -0.39 is 206 Å². The summed E-state index contributed by atoms with van der Waals surface area (Å²) in [4.78, 5) is 30.0. The van der Waals surface area contributed by atoms with Crippen molar-refractivity contribution < 1.29 is 124 Å². The highest BCUT2D eigenvalue weighted by Gasteiger charge is 2.72. The topological polar surface area (TPSA) is 411 Å². The fourth-order valence-electron chi connectivity index (χ4n) is 16.2. The number of esters is 2. The van der Waals surface area contributed by atoms with Gasteiger partial charge in [0.25, 0.3) is 0 Å². The number of aliphatic hydroxyl groups is 15. The third kappa shape index (κ3) is 9.95. The molecule has 9 aliphatic rings. The van der Waals surface area contributed by atoms with Crippen LogP contribution in [0.25, 0.3) is 0 Å². The number of hydrogen-bond donors (Lipinski definition) is 15. The summed E-state index contributed by atoms with van der Waals surface area (Å²) < 4.78 is 46.5. The van der Waals surface area contributed by atoms with Crippen LogP contribution in [-0.4, -0.2) is 244 Å². The lowest BCUT2D eigenvalue weighted by atomic mass is 9.33. The maximum Gasteiger partial charge on any atom is 0.317 e. The molecule has 25 heteroatoms. The monoisotopic (exact) mass is 1130 g/mol. The van der Waals surface area contributed by atoms with Crippen molar-refractivity contribution >= 4 is 11.9 Å². The highest BCUT2D eigenvalue weighted by atomic mass is 16.8. The molecule has 4 heterocycles. The van der Waals surface area contributed by atoms with Crippen molar-refractivity contribution in [2.75, 3.05) is 26.4 Å². The van der Waals surface area contributed by atoms with Crippen molar-refractivity contribution in [2.24, 2.45) is 50.2 Å². The summed E-state index contributed by atoms with van der Waals surface area (Å²) in [6.07, 6.45) is -29.1. The molecule has 452 valence electrons. The van der Waals surface area contributed by atoms with Crippen LogP contribution in [0.1, 0.15) is 106 Å². The smallest absolute Gasteiger partial charge is 0.317 e. The maximum atomic E-state index is 15.5. The molecule has 0 spiro atoms. The summed E-state index contributed by atoms with van der Waals surface area (Å²) >= 11 is 0. The summed E-state index contributed by atoms with van der Waals surface area (Å²) in [6, 6.07) is 0. The lowest BCUT2D eigenvalue weighted by Crippen LogP contribution is -2.67. The van der Waals surface area contributed by atoms with E-state index in [2.05, 4.69) is 40.7 Å². The van der Waals surface area contributed by atoms with E-state index in [1.165, 1.54) is 0 Å². The molecule has 4 aliphatic heterocycles. The fourth-order valence-corrected chi connectivity index (χ4v) is 16.2. The standard InChI is InChI=1S/C54H86O25/c1-49(2)13-15-54(48(71)79-46-41(69)42(77-44-39(67)36(64)32(60)25(19-56)74-44)34(62)27(76-46)21-72-43-38(66)35(63)31(59)24(18-55)73-43)16-14-51(4)22(23(54)17-49)7-8-28-50(3)11-10-30(58)53(6,29(50)9-12-52(28,51)5)47(70)78-45-40(68)37(65)33(61)26(20-57)75-45/h7,23-46,55-69H,8-21H2,1-6H3/t23-,24+,25+,26+,27+,28+,29+,30-,31+,32+,33+,34+,35-,36-,37-,38+,39+,40+,41+,42-,43+,44-,45-,46-,50+,51+,52+,53-,54-/m0/s1. The number of hydrogen-bond acceptors (Lipinski definition) is 25. The van der Waals surface area contributed by atoms with Crippen LogP contribution < -0.4 is 0 Å². The number of aliphatic hydroxyl groups excluding tert-OH is 15. The molecule has 0 bridgehead atoms. The quantitative estimate of drug-likeness (QED) is 0.0665. The van der Waals surface area contributed by atoms with Gasteiger partial charge in [-0.1, -0.05) is 46.3 Å². The van der Waals surface area contributed by atoms with E-state index in [0.717, 1.165) is 5.57 Å². The Labute approximate surface area is 457 Å². The number of allylic oxidation sites excluding steroid dienone is 2. The van der Waals surface area contributed by atoms with Gasteiger partial charge >= 0.3 is 11.9 Å². The Hall–Kier alpha value is -2.16. The molecule has 25 nitrogen and oxygen atoms in total. The van der Waals surface area contributed by atoms with Gasteiger partial charge in [0.1, 0.15) is 97.7 Å². The van der Waals surface area contributed by atoms with Gasteiger partial charge in [0.15, 0.2) is 12.6 Å². The predicted molar refractivity (Wildman–Crippen MR) is 264 cm³/mol. The van der Waals surface area contributed by atoms with Gasteiger partial charge in [-0.05, 0) is 111 Å². The molecule has 0 aromatic heterocycles. The minimum Gasteiger partial charge on any atom is -0.432 e. The van der Waals surface area contributed by atoms with Gasteiger partial charge in [0.05, 0.1) is 43.4 Å². The normalized spacial score (nSPS) is 53.5. The van der Waals surface area contributed by atoms with E-state index in [9.17, 15) is 81.4 Å². The Balaban J connectivity index is 0.991. The van der Waals surface area contributed by atoms with E-state index in [4.69, 9.17) is 37.9 Å². The first-order valence-corrected chi connectivity index (χ1v) is 28.0. The predicted octanol–water partition coefficient (Wildman–Crippen LogP) is -3.54. The minimum atomic E-state index is -2.03. The SMILES string of the molecule is CC1(C)CC[C@]2(C(=O)O[C@@H]3O[C@H](CO[C@@H]4O[C@H](CO)[C@@H](O)[C@H](O)[C@H]4O)[C@@H](O)[C@H](O[C@@H]4O[C@H](CO)[C@@H](O)[C@H](O)[C@H]4O)[C@H]3O)CC[C@]3(C)C(=CC[C@@H]4[C@@]5(C)CC[C@H](O)[C@@](C)(C(=O)O[C@@H]6O[C@H](CO)[C@@H](O)[C@H](O)[C@H]6O)[C@@H]5CC[C@]43C)[C@@H]2C1. The van der Waals surface area contributed by atoms with E-state index in [1.807, 2.05) is 0 Å². The summed E-state index contributed by atoms with van der Waals surface area (Å²) in [5, 5.41) is 160. The van der Waals surface area contributed by atoms with Gasteiger partial charge in [-0.25, -0.2) is 0 Å². The van der Waals surface area contributed by atoms with Gasteiger partial charge in [-0.3, -0.25) is 9.59 Å². The molecule has 9 rings (SSSR count). The molecular weight excluding hydrogens is 1050 g/mol. The van der Waals surface area contributed by atoms with Crippen molar-refractivity contribution in [3.63, 3.8) is 0 Å². The van der Waals surface area contributed by atoms with Crippen LogP contribution in [0.2, 0.25) is 0 Å². The Morgan fingerprint density at radius 3 is 1.63 bits per heavy atom. The molecule has 5 aliphatic carbocycles. The Morgan fingerprint density at radius 1 is 0.532 bits per heavy atom. The second-order valence-corrected chi connectivity index (χ2v) is 26.1. The zero-order valence-corrected chi connectivity index (χ0v) is 45.6. The van der Waals surface area contributed by atoms with Crippen LogP contribution in [0.5, 0.6) is 0 Å². The molecule has 0 radical (unpaired) electrons. The average Bonchev–Trinajstić information content (AvgIpc) is 3.58. The second kappa shape index (κ2) is 22.4. The van der Waals surface area contributed by atoms with Crippen molar-refractivity contribution in [1.82, 2.24) is 0 Å². The molecule has 4 saturated carbocycles. The Kier molecular flexibility index (Phi) is 17.4. The van der Waals surface area contributed by atoms with E-state index in [-0.39, 0.29) is 17.8 Å². The maximum absolute atomic E-state index is 15.5. The Morgan fingerprint density at radius 2 is 1.04 bits per heavy atom. The van der Waals surface area contributed by atoms with Crippen molar-refractivity contribution in [3.05, 3.63) is 11.6 Å². The molecule has 8 fully saturated rings. The second-order valence-electron chi connectivity index (χ2n) is 26.1. The third-order valence-electron chi connectivity index (χ3n) is 21.5. The summed E-state index contributed by atoms with van der Waals surface area (Å²) in [6.45, 7) is 9.58. The van der Waals surface area contributed by atoms with E-state index in [1.54, 1.807) is 6.92 Å². The minimum absolute atomic E-state index is 0.0459. The fraction of sp³-hybridized carbons (Fsp3) is 0.926. The number of fused-ring (bicyclic) bond motifs is 7. The van der Waals surface area contributed by atoms with Gasteiger partial charge in [-0.15, -0.1) is 0 Å². The van der Waals surface area contributed by atoms with Crippen LogP contribution in [0.4, 0.5) is 0 Å². The number of rotatable bonds is 12. The molecule has 0 unspecified atom stereocenters. The molecule has 0 amide bonds. The third-order valence-corrected chi connectivity index (χ3v) is 21.5. The average molecular weight is 1140 g/mol. The molecule has 15 N–H and O–H groups in total. The molecule has 4 saturated heterocycles. The van der Waals surface area contributed by atoms with Crippen LogP contribution in [-0.2, 0) is 47.5 Å². The number of carbonyl (C=O) groups is 2. The summed E-state index contributed by atoms with van der Waals surface area (Å²) in [5.41, 5.74) is -3.34. The number of ether oxygens (including phenoxy) is 8. The van der Waals surface area contributed by atoms with E-state index >= 15 is 4.79 Å². The van der Waals surface area contributed by atoms with Crippen LogP contribution >= 0.6 is 0 Å². The first-order chi connectivity index (χ1) is 37.0. The first kappa shape index (κ1) is 61.4.